The van der Waals surface area contributed by atoms with Gasteiger partial charge in [-0.25, -0.2) is 9.78 Å². The first-order chi connectivity index (χ1) is 13.5. The number of pyridine rings is 2. The molecular weight excluding hydrogens is 354 g/mol. The number of carboxylic acids is 1. The van der Waals surface area contributed by atoms with Crippen molar-refractivity contribution in [2.75, 3.05) is 32.5 Å². The number of carboxylic acid groups (broad SMARTS) is 1. The minimum Gasteiger partial charge on any atom is -0.478 e. The minimum atomic E-state index is -1.02. The second-order valence-corrected chi connectivity index (χ2v) is 6.71. The van der Waals surface area contributed by atoms with Crippen molar-refractivity contribution >= 4 is 22.6 Å². The molecule has 7 nitrogen and oxygen atoms in total. The maximum absolute atomic E-state index is 11.7. The van der Waals surface area contributed by atoms with E-state index in [0.717, 1.165) is 29.5 Å². The molecule has 3 aromatic rings. The van der Waals surface area contributed by atoms with Crippen LogP contribution >= 0.6 is 0 Å². The molecule has 0 fully saturated rings. The highest BCUT2D eigenvalue weighted by Crippen LogP contribution is 2.30. The molecule has 0 saturated heterocycles. The Morgan fingerprint density at radius 2 is 1.96 bits per heavy atom. The zero-order valence-electron chi connectivity index (χ0n) is 15.8. The van der Waals surface area contributed by atoms with E-state index in [1.54, 1.807) is 12.3 Å². The van der Waals surface area contributed by atoms with E-state index in [1.807, 2.05) is 44.4 Å². The van der Waals surface area contributed by atoms with E-state index in [2.05, 4.69) is 20.2 Å². The Kier molecular flexibility index (Phi) is 5.82. The van der Waals surface area contributed by atoms with Gasteiger partial charge in [-0.3, -0.25) is 4.98 Å². The van der Waals surface area contributed by atoms with E-state index in [0.29, 0.717) is 23.4 Å². The van der Waals surface area contributed by atoms with Crippen molar-refractivity contribution in [3.05, 3.63) is 54.0 Å². The van der Waals surface area contributed by atoms with E-state index in [-0.39, 0.29) is 5.56 Å². The molecule has 0 bridgehead atoms. The number of nitrogens with one attached hydrogen (secondary N) is 1. The smallest absolute Gasteiger partial charge is 0.339 e. The first kappa shape index (κ1) is 19.3. The molecule has 0 atom stereocenters. The molecule has 142 valence electrons. The van der Waals surface area contributed by atoms with Crippen molar-refractivity contribution in [2.45, 2.75) is 6.42 Å². The molecule has 0 saturated carbocycles. The van der Waals surface area contributed by atoms with Crippen molar-refractivity contribution in [1.29, 1.82) is 5.26 Å². The van der Waals surface area contributed by atoms with E-state index in [4.69, 9.17) is 5.26 Å². The fourth-order valence-corrected chi connectivity index (χ4v) is 2.96. The third kappa shape index (κ3) is 4.24. The van der Waals surface area contributed by atoms with Gasteiger partial charge >= 0.3 is 5.97 Å². The number of aromatic nitrogens is 2. The summed E-state index contributed by atoms with van der Waals surface area (Å²) in [5.74, 6) is -1.02. The molecule has 0 spiro atoms. The summed E-state index contributed by atoms with van der Waals surface area (Å²) in [6.45, 7) is 1.56. The number of nitriles is 1. The summed E-state index contributed by atoms with van der Waals surface area (Å²) in [6.07, 6.45) is 3.91. The van der Waals surface area contributed by atoms with Crippen LogP contribution in [-0.2, 0) is 0 Å². The van der Waals surface area contributed by atoms with Crippen LogP contribution in [0.25, 0.3) is 22.0 Å². The zero-order valence-corrected chi connectivity index (χ0v) is 15.8. The second kappa shape index (κ2) is 8.46. The van der Waals surface area contributed by atoms with Crippen LogP contribution in [0.1, 0.15) is 22.5 Å². The molecule has 1 aromatic carbocycles. The van der Waals surface area contributed by atoms with E-state index >= 15 is 0 Å². The quantitative estimate of drug-likeness (QED) is 0.611. The molecule has 2 heterocycles. The lowest BCUT2D eigenvalue weighted by Gasteiger charge is -2.15. The lowest BCUT2D eigenvalue weighted by Crippen LogP contribution is -2.17. The highest BCUT2D eigenvalue weighted by Gasteiger charge is 2.15. The lowest BCUT2D eigenvalue weighted by molar-refractivity contribution is 0.0697. The minimum absolute atomic E-state index is 0.146. The summed E-state index contributed by atoms with van der Waals surface area (Å²) in [4.78, 5) is 22.2. The Balaban J connectivity index is 2.02. The van der Waals surface area contributed by atoms with Crippen molar-refractivity contribution in [1.82, 2.24) is 14.9 Å². The molecular formula is C21H21N5O2. The summed E-state index contributed by atoms with van der Waals surface area (Å²) in [6, 6.07) is 11.2. The first-order valence-electron chi connectivity index (χ1n) is 8.91. The Hall–Kier alpha value is -3.50. The van der Waals surface area contributed by atoms with Crippen molar-refractivity contribution in [3.63, 3.8) is 0 Å². The molecule has 2 aromatic heterocycles. The number of fused-ring (bicyclic) bond motifs is 1. The maximum atomic E-state index is 11.7. The molecule has 3 rings (SSSR count). The molecule has 0 unspecified atom stereocenters. The number of nitrogens with zero attached hydrogens (tertiary/aromatic N) is 4. The van der Waals surface area contributed by atoms with Crippen LogP contribution in [0.3, 0.4) is 0 Å². The number of anilines is 1. The molecule has 0 aliphatic carbocycles. The monoisotopic (exact) mass is 375 g/mol. The number of hydrogen-bond acceptors (Lipinski definition) is 6. The summed E-state index contributed by atoms with van der Waals surface area (Å²) in [5, 5.41) is 22.5. The van der Waals surface area contributed by atoms with Gasteiger partial charge in [0.15, 0.2) is 0 Å². The lowest BCUT2D eigenvalue weighted by atomic mass is 10.0. The van der Waals surface area contributed by atoms with Crippen LogP contribution in [0.4, 0.5) is 5.69 Å². The van der Waals surface area contributed by atoms with Gasteiger partial charge in [-0.2, -0.15) is 5.26 Å². The number of carbonyl (C=O) groups is 1. The SMILES string of the molecule is CN(C)CCCNc1c(C(=O)O)cnc2ccc(-c3ccc(C#N)nc3)cc12. The van der Waals surface area contributed by atoms with E-state index in [1.165, 1.54) is 6.20 Å². The third-order valence-electron chi connectivity index (χ3n) is 4.39. The van der Waals surface area contributed by atoms with Gasteiger partial charge in [-0.05, 0) is 56.9 Å². The Morgan fingerprint density at radius 1 is 1.18 bits per heavy atom. The molecule has 2 N–H and O–H groups in total. The van der Waals surface area contributed by atoms with Crippen LogP contribution in [-0.4, -0.2) is 53.1 Å². The topological polar surface area (TPSA) is 102 Å². The van der Waals surface area contributed by atoms with Gasteiger partial charge < -0.3 is 15.3 Å². The third-order valence-corrected chi connectivity index (χ3v) is 4.39. The highest BCUT2D eigenvalue weighted by molar-refractivity contribution is 6.05. The molecule has 0 aliphatic rings. The number of aromatic carboxylic acids is 1. The van der Waals surface area contributed by atoms with Crippen LogP contribution in [0.5, 0.6) is 0 Å². The highest BCUT2D eigenvalue weighted by atomic mass is 16.4. The molecule has 0 aliphatic heterocycles. The fourth-order valence-electron chi connectivity index (χ4n) is 2.96. The van der Waals surface area contributed by atoms with Gasteiger partial charge in [0.25, 0.3) is 0 Å². The van der Waals surface area contributed by atoms with Crippen LogP contribution < -0.4 is 5.32 Å². The largest absolute Gasteiger partial charge is 0.478 e. The van der Waals surface area contributed by atoms with Crippen LogP contribution in [0, 0.1) is 11.3 Å². The van der Waals surface area contributed by atoms with Gasteiger partial charge in [-0.15, -0.1) is 0 Å². The maximum Gasteiger partial charge on any atom is 0.339 e. The van der Waals surface area contributed by atoms with Crippen molar-refractivity contribution in [2.24, 2.45) is 0 Å². The number of rotatable bonds is 7. The van der Waals surface area contributed by atoms with E-state index < -0.39 is 5.97 Å². The molecule has 0 amide bonds. The van der Waals surface area contributed by atoms with Crippen LogP contribution in [0.2, 0.25) is 0 Å². The summed E-state index contributed by atoms with van der Waals surface area (Å²) in [5.41, 5.74) is 3.51. The summed E-state index contributed by atoms with van der Waals surface area (Å²) in [7, 11) is 4.00. The van der Waals surface area contributed by atoms with Gasteiger partial charge in [0.1, 0.15) is 17.3 Å². The predicted molar refractivity (Wildman–Crippen MR) is 108 cm³/mol. The van der Waals surface area contributed by atoms with E-state index in [9.17, 15) is 9.90 Å². The first-order valence-corrected chi connectivity index (χ1v) is 8.91. The number of benzene rings is 1. The van der Waals surface area contributed by atoms with Crippen molar-refractivity contribution < 1.29 is 9.90 Å². The van der Waals surface area contributed by atoms with Crippen LogP contribution in [0.15, 0.2) is 42.7 Å². The van der Waals surface area contributed by atoms with Gasteiger partial charge in [-0.1, -0.05) is 6.07 Å². The zero-order chi connectivity index (χ0) is 20.1. The van der Waals surface area contributed by atoms with Gasteiger partial charge in [0.05, 0.1) is 11.2 Å². The molecule has 0 radical (unpaired) electrons. The number of hydrogen-bond donors (Lipinski definition) is 2. The average Bonchev–Trinajstić information content (AvgIpc) is 2.70. The standard InChI is InChI=1S/C21H21N5O2/c1-26(2)9-3-8-23-20-17-10-14(15-4-6-16(11-22)24-12-15)5-7-19(17)25-13-18(20)21(27)28/h4-7,10,12-13H,3,8-9H2,1-2H3,(H,23,25)(H,27,28). The Labute approximate surface area is 163 Å². The normalized spacial score (nSPS) is 10.8. The Morgan fingerprint density at radius 3 is 2.61 bits per heavy atom. The summed E-state index contributed by atoms with van der Waals surface area (Å²) >= 11 is 0. The second-order valence-electron chi connectivity index (χ2n) is 6.71. The fraction of sp³-hybridized carbons (Fsp3) is 0.238. The predicted octanol–water partition coefficient (Wildman–Crippen LogP) is 3.23. The summed E-state index contributed by atoms with van der Waals surface area (Å²) < 4.78 is 0. The Bertz CT molecular complexity index is 1040. The molecule has 7 heteroatoms. The van der Waals surface area contributed by atoms with Gasteiger partial charge in [0, 0.05) is 29.9 Å². The average molecular weight is 375 g/mol. The van der Waals surface area contributed by atoms with Crippen molar-refractivity contribution in [3.8, 4) is 17.2 Å². The van der Waals surface area contributed by atoms with Gasteiger partial charge in [0.2, 0.25) is 0 Å². The molecule has 28 heavy (non-hydrogen) atoms.